The van der Waals surface area contributed by atoms with Gasteiger partial charge in [-0.2, -0.15) is 13.8 Å². The Morgan fingerprint density at radius 2 is 2.23 bits per heavy atom. The van der Waals surface area contributed by atoms with E-state index in [1.54, 1.807) is 18.5 Å². The Morgan fingerprint density at radius 3 is 2.62 bits per heavy atom. The molecule has 1 aromatic heterocycles. The van der Waals surface area contributed by atoms with Gasteiger partial charge in [0.2, 0.25) is 0 Å². The minimum Gasteiger partial charge on any atom is -0.478 e. The van der Waals surface area contributed by atoms with E-state index >= 15 is 0 Å². The predicted octanol–water partition coefficient (Wildman–Crippen LogP) is 1.80. The third-order valence-corrected chi connectivity index (χ3v) is 1.50. The number of hydrogen-bond donors (Lipinski definition) is 1. The third kappa shape index (κ3) is 4.02. The molecule has 0 aliphatic heterocycles. The SMILES string of the molecule is C[C-](C)Cn1ccc(C(=O)O)c1.[U]. The fourth-order valence-corrected chi connectivity index (χ4v) is 1.03. The first-order valence-corrected chi connectivity index (χ1v) is 3.77. The average molecular weight is 404 g/mol. The van der Waals surface area contributed by atoms with Crippen molar-refractivity contribution in [2.75, 3.05) is 0 Å². The molecule has 1 heterocycles. The molecule has 0 radical (unpaired) electrons. The number of hydrogen-bond acceptors (Lipinski definition) is 1. The van der Waals surface area contributed by atoms with E-state index < -0.39 is 5.97 Å². The Balaban J connectivity index is 0.00000144. The monoisotopic (exact) mass is 404 g/mol. The summed E-state index contributed by atoms with van der Waals surface area (Å²) in [6, 6.07) is 1.60. The number of nitrogens with zero attached hydrogens (tertiary/aromatic N) is 1. The Labute approximate surface area is 102 Å². The third-order valence-electron chi connectivity index (χ3n) is 1.50. The van der Waals surface area contributed by atoms with Crippen molar-refractivity contribution in [2.24, 2.45) is 0 Å². The van der Waals surface area contributed by atoms with Crippen LogP contribution in [0.5, 0.6) is 0 Å². The molecule has 0 aliphatic carbocycles. The van der Waals surface area contributed by atoms with E-state index in [1.165, 1.54) is 5.92 Å². The van der Waals surface area contributed by atoms with Crippen LogP contribution in [0.15, 0.2) is 18.5 Å². The Kier molecular flexibility index (Phi) is 5.43. The topological polar surface area (TPSA) is 42.2 Å². The molecule has 1 aromatic rings. The second-order valence-electron chi connectivity index (χ2n) is 3.08. The summed E-state index contributed by atoms with van der Waals surface area (Å²) in [5.41, 5.74) is 0.344. The van der Waals surface area contributed by atoms with Crippen LogP contribution in [-0.2, 0) is 6.54 Å². The summed E-state index contributed by atoms with van der Waals surface area (Å²) >= 11 is 0. The summed E-state index contributed by atoms with van der Waals surface area (Å²) in [6.07, 6.45) is 3.41. The molecule has 0 saturated heterocycles. The first-order valence-electron chi connectivity index (χ1n) is 3.77. The van der Waals surface area contributed by atoms with Gasteiger partial charge in [-0.25, -0.2) is 4.79 Å². The van der Waals surface area contributed by atoms with E-state index in [0.29, 0.717) is 5.56 Å². The molecule has 0 atom stereocenters. The number of rotatable bonds is 3. The van der Waals surface area contributed by atoms with Crippen LogP contribution >= 0.6 is 0 Å². The van der Waals surface area contributed by atoms with E-state index in [-0.39, 0.29) is 31.1 Å². The zero-order valence-corrected chi connectivity index (χ0v) is 11.9. The van der Waals surface area contributed by atoms with Gasteiger partial charge in [-0.05, 0) is 6.07 Å². The summed E-state index contributed by atoms with van der Waals surface area (Å²) in [7, 11) is 0. The molecule has 0 unspecified atom stereocenters. The van der Waals surface area contributed by atoms with Gasteiger partial charge in [0.15, 0.2) is 0 Å². The summed E-state index contributed by atoms with van der Waals surface area (Å²) in [5.74, 6) is 0.380. The first-order chi connectivity index (χ1) is 5.59. The van der Waals surface area contributed by atoms with Crippen molar-refractivity contribution in [1.29, 1.82) is 0 Å². The van der Waals surface area contributed by atoms with Gasteiger partial charge in [-0.3, -0.25) is 0 Å². The first kappa shape index (κ1) is 12.8. The zero-order valence-electron chi connectivity index (χ0n) is 7.74. The predicted molar refractivity (Wildman–Crippen MR) is 46.0 cm³/mol. The Morgan fingerprint density at radius 1 is 1.62 bits per heavy atom. The van der Waals surface area contributed by atoms with E-state index in [2.05, 4.69) is 0 Å². The second-order valence-corrected chi connectivity index (χ2v) is 3.08. The molecule has 4 heteroatoms. The van der Waals surface area contributed by atoms with Gasteiger partial charge in [0, 0.05) is 43.5 Å². The van der Waals surface area contributed by atoms with Crippen molar-refractivity contribution >= 4 is 5.97 Å². The van der Waals surface area contributed by atoms with Crippen LogP contribution in [-0.4, -0.2) is 15.6 Å². The normalized spacial score (nSPS) is 9.77. The van der Waals surface area contributed by atoms with Crippen LogP contribution in [0.1, 0.15) is 24.2 Å². The molecule has 0 saturated carbocycles. The van der Waals surface area contributed by atoms with Crippen LogP contribution in [0.3, 0.4) is 0 Å². The largest absolute Gasteiger partial charge is 0.478 e. The van der Waals surface area contributed by atoms with Crippen LogP contribution in [0.4, 0.5) is 0 Å². The van der Waals surface area contributed by atoms with E-state index in [1.807, 2.05) is 18.4 Å². The maximum atomic E-state index is 10.5. The number of carbonyl (C=O) groups is 1. The van der Waals surface area contributed by atoms with Crippen molar-refractivity contribution in [2.45, 2.75) is 20.4 Å². The van der Waals surface area contributed by atoms with Crippen molar-refractivity contribution < 1.29 is 41.0 Å². The van der Waals surface area contributed by atoms with E-state index in [4.69, 9.17) is 5.11 Å². The van der Waals surface area contributed by atoms with Crippen molar-refractivity contribution in [3.8, 4) is 0 Å². The maximum Gasteiger partial charge on any atom is 0.337 e. The van der Waals surface area contributed by atoms with Gasteiger partial charge in [0.25, 0.3) is 0 Å². The van der Waals surface area contributed by atoms with Crippen LogP contribution < -0.4 is 0 Å². The standard InChI is InChI=1S/C9H12NO2.U/c1-7(2)5-10-4-3-8(6-10)9(11)12;/h3-4,6H,5H2,1-2H3,(H,11,12);/q-1;. The Bertz CT molecular complexity index is 281. The minimum absolute atomic E-state index is 0. The molecule has 0 bridgehead atoms. The summed E-state index contributed by atoms with van der Waals surface area (Å²) < 4.78 is 1.86. The van der Waals surface area contributed by atoms with Gasteiger partial charge in [-0.15, -0.1) is 0 Å². The molecular formula is C9H12NO2U-. The summed E-state index contributed by atoms with van der Waals surface area (Å²) in [4.78, 5) is 10.5. The second kappa shape index (κ2) is 5.51. The molecule has 3 nitrogen and oxygen atoms in total. The number of aromatic nitrogens is 1. The average Bonchev–Trinajstić information content (AvgIpc) is 2.34. The van der Waals surface area contributed by atoms with Gasteiger partial charge in [0.05, 0.1) is 5.56 Å². The molecule has 0 spiro atoms. The van der Waals surface area contributed by atoms with Crippen molar-refractivity contribution in [3.05, 3.63) is 29.9 Å². The number of aromatic carboxylic acids is 1. The van der Waals surface area contributed by atoms with Crippen molar-refractivity contribution in [3.63, 3.8) is 0 Å². The van der Waals surface area contributed by atoms with Crippen molar-refractivity contribution in [1.82, 2.24) is 4.57 Å². The molecule has 0 amide bonds. The fraction of sp³-hybridized carbons (Fsp3) is 0.333. The van der Waals surface area contributed by atoms with E-state index in [9.17, 15) is 4.79 Å². The molecule has 1 N–H and O–H groups in total. The van der Waals surface area contributed by atoms with Crippen LogP contribution in [0, 0.1) is 37.0 Å². The van der Waals surface area contributed by atoms with Gasteiger partial charge in [0.1, 0.15) is 0 Å². The van der Waals surface area contributed by atoms with Gasteiger partial charge >= 0.3 is 5.97 Å². The number of carboxylic acids is 1. The molecule has 0 aliphatic rings. The van der Waals surface area contributed by atoms with E-state index in [0.717, 1.165) is 6.54 Å². The summed E-state index contributed by atoms with van der Waals surface area (Å²) in [5, 5.41) is 8.61. The maximum absolute atomic E-state index is 10.5. The Hall–Kier alpha value is -0.198. The summed E-state index contributed by atoms with van der Waals surface area (Å²) in [6.45, 7) is 4.81. The molecule has 0 aromatic carbocycles. The zero-order chi connectivity index (χ0) is 9.14. The van der Waals surface area contributed by atoms with Crippen LogP contribution in [0.25, 0.3) is 0 Å². The minimum atomic E-state index is -0.873. The molecule has 1 rings (SSSR count). The van der Waals surface area contributed by atoms with Gasteiger partial charge in [-0.1, -0.05) is 6.54 Å². The van der Waals surface area contributed by atoms with Crippen LogP contribution in [0.2, 0.25) is 0 Å². The molecule has 70 valence electrons. The van der Waals surface area contributed by atoms with Gasteiger partial charge < -0.3 is 15.6 Å². The smallest absolute Gasteiger partial charge is 0.337 e. The molecule has 0 fully saturated rings. The quantitative estimate of drug-likeness (QED) is 0.781. The molecular weight excluding hydrogens is 392 g/mol. The molecule has 13 heavy (non-hydrogen) atoms. The fourth-order valence-electron chi connectivity index (χ4n) is 1.03. The number of carboxylic acid groups (broad SMARTS) is 1.